The molecule has 3 rings (SSSR count). The topological polar surface area (TPSA) is 67.4 Å². The zero-order valence-corrected chi connectivity index (χ0v) is 22.3. The number of thioether (sulfide) groups is 1. The number of halogens is 1. The summed E-state index contributed by atoms with van der Waals surface area (Å²) in [7, 11) is 6.71. The van der Waals surface area contributed by atoms with E-state index >= 15 is 0 Å². The number of rotatable bonds is 8. The SMILES string of the molecule is CN=C(NCc1cc(OC)c(OC)c(OC)c1)NCC1(N2CCSCC2)CCCC1.I. The second-order valence-electron chi connectivity index (χ2n) is 7.84. The van der Waals surface area contributed by atoms with Crippen molar-refractivity contribution >= 4 is 41.7 Å². The molecule has 0 bridgehead atoms. The first-order valence-corrected chi connectivity index (χ1v) is 11.9. The number of hydrogen-bond acceptors (Lipinski definition) is 6. The third-order valence-electron chi connectivity index (χ3n) is 6.21. The fourth-order valence-corrected chi connectivity index (χ4v) is 5.47. The lowest BCUT2D eigenvalue weighted by molar-refractivity contribution is 0.107. The molecular formula is C22H37IN4O3S. The number of ether oxygens (including phenoxy) is 3. The maximum Gasteiger partial charge on any atom is 0.203 e. The normalized spacial score (nSPS) is 18.8. The molecule has 2 N–H and O–H groups in total. The van der Waals surface area contributed by atoms with Crippen LogP contribution in [-0.4, -0.2) is 75.9 Å². The van der Waals surface area contributed by atoms with E-state index in [1.165, 1.54) is 50.3 Å². The van der Waals surface area contributed by atoms with E-state index in [1.54, 1.807) is 21.3 Å². The van der Waals surface area contributed by atoms with Gasteiger partial charge in [0.1, 0.15) is 0 Å². The number of guanidine groups is 1. The maximum absolute atomic E-state index is 5.46. The molecule has 1 saturated heterocycles. The van der Waals surface area contributed by atoms with Crippen molar-refractivity contribution < 1.29 is 14.2 Å². The highest BCUT2D eigenvalue weighted by atomic mass is 127. The lowest BCUT2D eigenvalue weighted by atomic mass is 9.94. The van der Waals surface area contributed by atoms with Crippen LogP contribution >= 0.6 is 35.7 Å². The molecule has 2 aliphatic rings. The average molecular weight is 565 g/mol. The first kappa shape index (κ1) is 26.2. The van der Waals surface area contributed by atoms with Gasteiger partial charge in [0, 0.05) is 50.3 Å². The van der Waals surface area contributed by atoms with Gasteiger partial charge < -0.3 is 24.8 Å². The number of benzene rings is 1. The molecule has 0 atom stereocenters. The number of aliphatic imine (C=N–C) groups is 1. The fraction of sp³-hybridized carbons (Fsp3) is 0.682. The quantitative estimate of drug-likeness (QED) is 0.285. The van der Waals surface area contributed by atoms with Crippen LogP contribution in [0.25, 0.3) is 0 Å². The van der Waals surface area contributed by atoms with Gasteiger partial charge in [-0.15, -0.1) is 24.0 Å². The minimum Gasteiger partial charge on any atom is -0.493 e. The van der Waals surface area contributed by atoms with Crippen molar-refractivity contribution in [3.63, 3.8) is 0 Å². The predicted molar refractivity (Wildman–Crippen MR) is 140 cm³/mol. The fourth-order valence-electron chi connectivity index (χ4n) is 4.57. The Balaban J connectivity index is 0.00000341. The van der Waals surface area contributed by atoms with Gasteiger partial charge in [-0.2, -0.15) is 11.8 Å². The zero-order valence-electron chi connectivity index (χ0n) is 19.2. The first-order chi connectivity index (χ1) is 14.7. The van der Waals surface area contributed by atoms with Crippen molar-refractivity contribution in [2.75, 3.05) is 59.5 Å². The van der Waals surface area contributed by atoms with Gasteiger partial charge in [0.15, 0.2) is 17.5 Å². The molecule has 0 unspecified atom stereocenters. The van der Waals surface area contributed by atoms with Crippen molar-refractivity contribution in [2.24, 2.45) is 4.99 Å². The van der Waals surface area contributed by atoms with E-state index in [-0.39, 0.29) is 29.5 Å². The van der Waals surface area contributed by atoms with Crippen LogP contribution < -0.4 is 24.8 Å². The van der Waals surface area contributed by atoms with E-state index in [0.717, 1.165) is 18.1 Å². The van der Waals surface area contributed by atoms with E-state index in [0.29, 0.717) is 23.8 Å². The highest BCUT2D eigenvalue weighted by molar-refractivity contribution is 14.0. The second kappa shape index (κ2) is 12.8. The molecule has 0 amide bonds. The molecule has 31 heavy (non-hydrogen) atoms. The van der Waals surface area contributed by atoms with Gasteiger partial charge in [-0.1, -0.05) is 12.8 Å². The molecule has 0 aromatic heterocycles. The Hall–Kier alpha value is -1.07. The van der Waals surface area contributed by atoms with Crippen LogP contribution in [-0.2, 0) is 6.54 Å². The number of nitrogens with one attached hydrogen (secondary N) is 2. The number of nitrogens with zero attached hydrogens (tertiary/aromatic N) is 2. The van der Waals surface area contributed by atoms with E-state index in [9.17, 15) is 0 Å². The molecule has 1 aliphatic carbocycles. The van der Waals surface area contributed by atoms with Crippen molar-refractivity contribution in [1.82, 2.24) is 15.5 Å². The minimum absolute atomic E-state index is 0. The second-order valence-corrected chi connectivity index (χ2v) is 9.07. The van der Waals surface area contributed by atoms with Crippen molar-refractivity contribution in [3.05, 3.63) is 17.7 Å². The van der Waals surface area contributed by atoms with Gasteiger partial charge in [0.05, 0.1) is 21.3 Å². The molecule has 176 valence electrons. The summed E-state index contributed by atoms with van der Waals surface area (Å²) in [5.74, 6) is 5.23. The third-order valence-corrected chi connectivity index (χ3v) is 7.15. The number of methoxy groups -OCH3 is 3. The molecule has 1 heterocycles. The molecule has 0 spiro atoms. The van der Waals surface area contributed by atoms with Crippen molar-refractivity contribution in [3.8, 4) is 17.2 Å². The van der Waals surface area contributed by atoms with Gasteiger partial charge in [0.25, 0.3) is 0 Å². The largest absolute Gasteiger partial charge is 0.493 e. The van der Waals surface area contributed by atoms with Crippen LogP contribution in [0, 0.1) is 0 Å². The summed E-state index contributed by atoms with van der Waals surface area (Å²) >= 11 is 2.07. The van der Waals surface area contributed by atoms with Crippen LogP contribution in [0.15, 0.2) is 17.1 Å². The molecule has 2 fully saturated rings. The van der Waals surface area contributed by atoms with E-state index < -0.39 is 0 Å². The summed E-state index contributed by atoms with van der Waals surface area (Å²) in [5, 5.41) is 7.04. The first-order valence-electron chi connectivity index (χ1n) is 10.7. The Morgan fingerprint density at radius 1 is 1.03 bits per heavy atom. The summed E-state index contributed by atoms with van der Waals surface area (Å²) in [6.45, 7) is 3.95. The lowest BCUT2D eigenvalue weighted by Crippen LogP contribution is -2.57. The molecule has 1 aromatic carbocycles. The monoisotopic (exact) mass is 564 g/mol. The molecule has 1 saturated carbocycles. The Bertz CT molecular complexity index is 698. The molecular weight excluding hydrogens is 527 g/mol. The standard InChI is InChI=1S/C22H36N4O3S.HI/c1-23-21(24-15-17-13-18(27-2)20(29-4)19(14-17)28-3)25-16-22(7-5-6-8-22)26-9-11-30-12-10-26;/h13-14H,5-12,15-16H2,1-4H3,(H2,23,24,25);1H. The molecule has 0 radical (unpaired) electrons. The summed E-state index contributed by atoms with van der Waals surface area (Å²) in [4.78, 5) is 7.16. The van der Waals surface area contributed by atoms with Gasteiger partial charge in [0.2, 0.25) is 5.75 Å². The Kier molecular flexibility index (Phi) is 10.8. The van der Waals surface area contributed by atoms with E-state index in [2.05, 4.69) is 32.3 Å². The van der Waals surface area contributed by atoms with Crippen molar-refractivity contribution in [1.29, 1.82) is 0 Å². The van der Waals surface area contributed by atoms with Gasteiger partial charge in [-0.25, -0.2) is 0 Å². The van der Waals surface area contributed by atoms with Crippen LogP contribution in [0.5, 0.6) is 17.2 Å². The lowest BCUT2D eigenvalue weighted by Gasteiger charge is -2.43. The molecule has 9 heteroatoms. The zero-order chi connectivity index (χ0) is 21.4. The highest BCUT2D eigenvalue weighted by Gasteiger charge is 2.39. The Morgan fingerprint density at radius 3 is 2.16 bits per heavy atom. The smallest absolute Gasteiger partial charge is 0.203 e. The minimum atomic E-state index is 0. The number of hydrogen-bond donors (Lipinski definition) is 2. The van der Waals surface area contributed by atoms with Gasteiger partial charge in [-0.05, 0) is 30.5 Å². The Labute approximate surface area is 208 Å². The van der Waals surface area contributed by atoms with Gasteiger partial charge >= 0.3 is 0 Å². The summed E-state index contributed by atoms with van der Waals surface area (Å²) in [6.07, 6.45) is 5.19. The molecule has 7 nitrogen and oxygen atoms in total. The third kappa shape index (κ3) is 6.47. The average Bonchev–Trinajstić information content (AvgIpc) is 3.29. The van der Waals surface area contributed by atoms with Crippen LogP contribution in [0.1, 0.15) is 31.2 Å². The van der Waals surface area contributed by atoms with E-state index in [4.69, 9.17) is 14.2 Å². The van der Waals surface area contributed by atoms with Crippen LogP contribution in [0.2, 0.25) is 0 Å². The van der Waals surface area contributed by atoms with Crippen LogP contribution in [0.3, 0.4) is 0 Å². The molecule has 1 aromatic rings. The van der Waals surface area contributed by atoms with E-state index in [1.807, 2.05) is 19.2 Å². The summed E-state index contributed by atoms with van der Waals surface area (Å²) < 4.78 is 16.3. The summed E-state index contributed by atoms with van der Waals surface area (Å²) in [5.41, 5.74) is 1.31. The van der Waals surface area contributed by atoms with Crippen molar-refractivity contribution in [2.45, 2.75) is 37.8 Å². The van der Waals surface area contributed by atoms with Gasteiger partial charge in [-0.3, -0.25) is 9.89 Å². The molecule has 1 aliphatic heterocycles. The Morgan fingerprint density at radius 2 is 1.65 bits per heavy atom. The summed E-state index contributed by atoms with van der Waals surface area (Å²) in [6, 6.07) is 3.93. The predicted octanol–water partition coefficient (Wildman–Crippen LogP) is 3.36. The van der Waals surface area contributed by atoms with Crippen LogP contribution in [0.4, 0.5) is 0 Å². The highest BCUT2D eigenvalue weighted by Crippen LogP contribution is 2.38. The maximum atomic E-state index is 5.46.